The minimum Gasteiger partial charge on any atom is -0.383 e. The van der Waals surface area contributed by atoms with Gasteiger partial charge in [0.25, 0.3) is 0 Å². The van der Waals surface area contributed by atoms with Crippen LogP contribution in [0.4, 0.5) is 17.2 Å². The summed E-state index contributed by atoms with van der Waals surface area (Å²) in [5.41, 5.74) is 11.0. The predicted molar refractivity (Wildman–Crippen MR) is 103 cm³/mol. The molecule has 0 aromatic carbocycles. The first-order valence-electron chi connectivity index (χ1n) is 9.36. The highest BCUT2D eigenvalue weighted by Gasteiger charge is 2.46. The van der Waals surface area contributed by atoms with Crippen molar-refractivity contribution in [3.05, 3.63) is 29.6 Å². The van der Waals surface area contributed by atoms with E-state index in [-0.39, 0.29) is 17.6 Å². The van der Waals surface area contributed by atoms with Crippen LogP contribution < -0.4 is 16.0 Å². The first-order chi connectivity index (χ1) is 13.0. The van der Waals surface area contributed by atoms with E-state index < -0.39 is 0 Å². The molecule has 1 unspecified atom stereocenters. The van der Waals surface area contributed by atoms with Crippen LogP contribution in [0.15, 0.2) is 18.3 Å². The molecule has 5 rings (SSSR count). The molecule has 138 valence electrons. The second-order valence-corrected chi connectivity index (χ2v) is 8.02. The fourth-order valence-corrected chi connectivity index (χ4v) is 4.07. The summed E-state index contributed by atoms with van der Waals surface area (Å²) in [4.78, 5) is 11.5. The Hall–Kier alpha value is -2.85. The number of anilines is 3. The second kappa shape index (κ2) is 5.57. The van der Waals surface area contributed by atoms with Gasteiger partial charge in [-0.1, -0.05) is 0 Å². The standard InChI is InChI=1S/C20H22N6O/c1-20(2)19-25-17-15(26(19)5-6-27-20)8-14(24-16(17)11-3-4-11)13-7-12(9-21)18(22)23-10-13/h7-8,10-11,19,25H,3-6H2,1-2H3,(H2,22,23). The fourth-order valence-electron chi connectivity index (χ4n) is 4.07. The molecule has 1 saturated heterocycles. The van der Waals surface area contributed by atoms with Gasteiger partial charge in [0.05, 0.1) is 34.9 Å². The highest BCUT2D eigenvalue weighted by molar-refractivity contribution is 5.83. The van der Waals surface area contributed by atoms with E-state index in [1.807, 2.05) is 0 Å². The van der Waals surface area contributed by atoms with Crippen molar-refractivity contribution in [2.24, 2.45) is 0 Å². The molecule has 3 N–H and O–H groups in total. The number of pyridine rings is 2. The van der Waals surface area contributed by atoms with E-state index in [1.54, 1.807) is 12.3 Å². The van der Waals surface area contributed by atoms with E-state index in [9.17, 15) is 5.26 Å². The summed E-state index contributed by atoms with van der Waals surface area (Å²) in [5.74, 6) is 0.746. The van der Waals surface area contributed by atoms with Crippen LogP contribution >= 0.6 is 0 Å². The lowest BCUT2D eigenvalue weighted by atomic mass is 10.0. The number of nitriles is 1. The molecule has 27 heavy (non-hydrogen) atoms. The summed E-state index contributed by atoms with van der Waals surface area (Å²) in [7, 11) is 0. The normalized spacial score (nSPS) is 22.6. The van der Waals surface area contributed by atoms with Gasteiger partial charge in [0.15, 0.2) is 0 Å². The zero-order valence-electron chi connectivity index (χ0n) is 15.5. The summed E-state index contributed by atoms with van der Waals surface area (Å²) >= 11 is 0. The Kier molecular flexibility index (Phi) is 3.37. The maximum absolute atomic E-state index is 9.29. The fraction of sp³-hybridized carbons (Fsp3) is 0.450. The van der Waals surface area contributed by atoms with Gasteiger partial charge in [0, 0.05) is 24.2 Å². The monoisotopic (exact) mass is 362 g/mol. The molecule has 0 spiro atoms. The Morgan fingerprint density at radius 3 is 2.93 bits per heavy atom. The van der Waals surface area contributed by atoms with Gasteiger partial charge in [0.2, 0.25) is 0 Å². The van der Waals surface area contributed by atoms with Crippen molar-refractivity contribution in [2.45, 2.75) is 44.4 Å². The molecule has 0 bridgehead atoms. The van der Waals surface area contributed by atoms with Crippen LogP contribution in [0.2, 0.25) is 0 Å². The van der Waals surface area contributed by atoms with Gasteiger partial charge in [-0.15, -0.1) is 0 Å². The minimum atomic E-state index is -0.283. The van der Waals surface area contributed by atoms with Crippen molar-refractivity contribution >= 4 is 17.2 Å². The van der Waals surface area contributed by atoms with Crippen LogP contribution in [-0.4, -0.2) is 34.9 Å². The number of nitrogens with one attached hydrogen (secondary N) is 1. The first-order valence-corrected chi connectivity index (χ1v) is 9.36. The van der Waals surface area contributed by atoms with E-state index in [0.29, 0.717) is 18.1 Å². The maximum Gasteiger partial charge on any atom is 0.141 e. The predicted octanol–water partition coefficient (Wildman–Crippen LogP) is 2.84. The number of fused-ring (bicyclic) bond motifs is 3. The Balaban J connectivity index is 1.65. The molecule has 4 heterocycles. The van der Waals surface area contributed by atoms with Crippen molar-refractivity contribution in [3.63, 3.8) is 0 Å². The summed E-state index contributed by atoms with van der Waals surface area (Å²) in [6, 6.07) is 5.98. The SMILES string of the molecule is CC1(C)OCCN2c3cc(-c4cnc(N)c(C#N)c4)nc(C4CC4)c3NC21. The van der Waals surface area contributed by atoms with Gasteiger partial charge in [-0.3, -0.25) is 4.98 Å². The number of morpholine rings is 1. The lowest BCUT2D eigenvalue weighted by Gasteiger charge is -2.43. The smallest absolute Gasteiger partial charge is 0.141 e. The Labute approximate surface area is 158 Å². The maximum atomic E-state index is 9.29. The van der Waals surface area contributed by atoms with Gasteiger partial charge in [-0.25, -0.2) is 4.98 Å². The molecule has 1 saturated carbocycles. The number of hydrogen-bond acceptors (Lipinski definition) is 7. The molecule has 7 nitrogen and oxygen atoms in total. The van der Waals surface area contributed by atoms with Crippen molar-refractivity contribution in [1.82, 2.24) is 9.97 Å². The van der Waals surface area contributed by atoms with Crippen molar-refractivity contribution in [2.75, 3.05) is 29.1 Å². The number of aromatic nitrogens is 2. The number of hydrogen-bond donors (Lipinski definition) is 2. The topological polar surface area (TPSA) is 100 Å². The van der Waals surface area contributed by atoms with Crippen LogP contribution in [0.3, 0.4) is 0 Å². The van der Waals surface area contributed by atoms with E-state index >= 15 is 0 Å². The molecule has 2 aliphatic heterocycles. The van der Waals surface area contributed by atoms with Crippen LogP contribution in [0.5, 0.6) is 0 Å². The quantitative estimate of drug-likeness (QED) is 0.847. The summed E-state index contributed by atoms with van der Waals surface area (Å²) in [5, 5.41) is 13.0. The number of nitrogens with two attached hydrogens (primary N) is 1. The molecule has 2 aromatic heterocycles. The summed E-state index contributed by atoms with van der Waals surface area (Å²) < 4.78 is 6.00. The molecule has 2 fully saturated rings. The molecular formula is C20H22N6O. The van der Waals surface area contributed by atoms with E-state index in [2.05, 4.69) is 41.2 Å². The lowest BCUT2D eigenvalue weighted by Crippen LogP contribution is -2.58. The average Bonchev–Trinajstić information content (AvgIpc) is 3.42. The highest BCUT2D eigenvalue weighted by Crippen LogP contribution is 2.50. The van der Waals surface area contributed by atoms with Crippen LogP contribution in [-0.2, 0) is 4.74 Å². The highest BCUT2D eigenvalue weighted by atomic mass is 16.5. The van der Waals surface area contributed by atoms with E-state index in [1.165, 1.54) is 18.5 Å². The molecule has 1 atom stereocenters. The van der Waals surface area contributed by atoms with Crippen molar-refractivity contribution in [1.29, 1.82) is 5.26 Å². The molecule has 0 radical (unpaired) electrons. The zero-order chi connectivity index (χ0) is 18.8. The number of nitrogens with zero attached hydrogens (tertiary/aromatic N) is 4. The zero-order valence-corrected chi connectivity index (χ0v) is 15.5. The molecule has 7 heteroatoms. The Morgan fingerprint density at radius 2 is 2.19 bits per heavy atom. The average molecular weight is 362 g/mol. The third kappa shape index (κ3) is 2.52. The van der Waals surface area contributed by atoms with Gasteiger partial charge < -0.3 is 20.7 Å². The molecule has 1 aliphatic carbocycles. The minimum absolute atomic E-state index is 0.0926. The van der Waals surface area contributed by atoms with Crippen LogP contribution in [0, 0.1) is 11.3 Å². The molecular weight excluding hydrogens is 340 g/mol. The van der Waals surface area contributed by atoms with Crippen molar-refractivity contribution in [3.8, 4) is 17.3 Å². The van der Waals surface area contributed by atoms with Gasteiger partial charge in [-0.05, 0) is 38.8 Å². The lowest BCUT2D eigenvalue weighted by molar-refractivity contribution is -0.0488. The summed E-state index contributed by atoms with van der Waals surface area (Å²) in [6.45, 7) is 5.78. The number of ether oxygens (including phenoxy) is 1. The third-order valence-electron chi connectivity index (χ3n) is 5.69. The van der Waals surface area contributed by atoms with E-state index in [0.717, 1.165) is 29.2 Å². The first kappa shape index (κ1) is 16.3. The van der Waals surface area contributed by atoms with Gasteiger partial charge in [-0.2, -0.15) is 5.26 Å². The largest absolute Gasteiger partial charge is 0.383 e. The van der Waals surface area contributed by atoms with Gasteiger partial charge in [0.1, 0.15) is 23.7 Å². The third-order valence-corrected chi connectivity index (χ3v) is 5.69. The Morgan fingerprint density at radius 1 is 1.37 bits per heavy atom. The van der Waals surface area contributed by atoms with Gasteiger partial charge >= 0.3 is 0 Å². The number of rotatable bonds is 2. The Bertz CT molecular complexity index is 975. The second-order valence-electron chi connectivity index (χ2n) is 8.02. The van der Waals surface area contributed by atoms with Crippen LogP contribution in [0.1, 0.15) is 43.9 Å². The van der Waals surface area contributed by atoms with E-state index in [4.69, 9.17) is 15.5 Å². The van der Waals surface area contributed by atoms with Crippen LogP contribution in [0.25, 0.3) is 11.3 Å². The summed E-state index contributed by atoms with van der Waals surface area (Å²) in [6.07, 6.45) is 4.12. The molecule has 2 aromatic rings. The van der Waals surface area contributed by atoms with Crippen molar-refractivity contribution < 1.29 is 4.74 Å². The molecule has 3 aliphatic rings. The number of nitrogen functional groups attached to an aromatic ring is 1. The molecule has 0 amide bonds.